The van der Waals surface area contributed by atoms with Crippen LogP contribution in [0.15, 0.2) is 24.3 Å². The summed E-state index contributed by atoms with van der Waals surface area (Å²) in [7, 11) is 0. The second-order valence-electron chi connectivity index (χ2n) is 1.98. The minimum absolute atomic E-state index is 0.244. The fourth-order valence-electron chi connectivity index (χ4n) is 0.693. The lowest BCUT2D eigenvalue weighted by atomic mass is 10.2. The summed E-state index contributed by atoms with van der Waals surface area (Å²) in [5, 5.41) is 8.85. The average molecular weight is 133 g/mol. The molecule has 0 saturated heterocycles. The summed E-state index contributed by atoms with van der Waals surface area (Å²) >= 11 is 0. The summed E-state index contributed by atoms with van der Waals surface area (Å²) in [5.74, 6) is 0.244. The first kappa shape index (κ1) is 6.63. The molecular weight excluding hydrogens is 126 g/mol. The minimum atomic E-state index is 0.244. The van der Waals surface area contributed by atoms with Crippen LogP contribution < -0.4 is 0 Å². The Morgan fingerprint density at radius 2 is 1.90 bits per heavy atom. The van der Waals surface area contributed by atoms with E-state index in [0.29, 0.717) is 6.54 Å². The summed E-state index contributed by atoms with van der Waals surface area (Å²) in [6.07, 6.45) is 0. The first-order chi connectivity index (χ1) is 4.83. The van der Waals surface area contributed by atoms with E-state index in [2.05, 4.69) is 4.85 Å². The van der Waals surface area contributed by atoms with E-state index in [9.17, 15) is 0 Å². The van der Waals surface area contributed by atoms with E-state index in [1.165, 1.54) is 0 Å². The number of benzene rings is 1. The highest BCUT2D eigenvalue weighted by atomic mass is 16.3. The standard InChI is InChI=1S/C8H7NO/c1-9-6-7-2-4-8(10)5-3-7/h2-5,10H,6H2. The Morgan fingerprint density at radius 3 is 2.40 bits per heavy atom. The number of aromatic hydroxyl groups is 1. The van der Waals surface area contributed by atoms with Crippen LogP contribution in [-0.2, 0) is 6.54 Å². The summed E-state index contributed by atoms with van der Waals surface area (Å²) in [5.41, 5.74) is 0.938. The first-order valence-electron chi connectivity index (χ1n) is 2.94. The van der Waals surface area contributed by atoms with Crippen LogP contribution in [0.25, 0.3) is 4.85 Å². The second-order valence-corrected chi connectivity index (χ2v) is 1.98. The van der Waals surface area contributed by atoms with Gasteiger partial charge in [0.2, 0.25) is 6.54 Å². The van der Waals surface area contributed by atoms with Crippen molar-refractivity contribution in [3.8, 4) is 5.75 Å². The van der Waals surface area contributed by atoms with Crippen molar-refractivity contribution in [1.82, 2.24) is 0 Å². The number of rotatable bonds is 1. The molecule has 0 saturated carbocycles. The van der Waals surface area contributed by atoms with Gasteiger partial charge in [-0.05, 0) is 24.3 Å². The minimum Gasteiger partial charge on any atom is -0.508 e. The number of phenols is 1. The zero-order valence-corrected chi connectivity index (χ0v) is 5.41. The smallest absolute Gasteiger partial charge is 0.239 e. The lowest BCUT2D eigenvalue weighted by Gasteiger charge is -1.90. The molecule has 0 heterocycles. The lowest BCUT2D eigenvalue weighted by molar-refractivity contribution is 0.475. The van der Waals surface area contributed by atoms with Crippen LogP contribution in [0.5, 0.6) is 5.75 Å². The highest BCUT2D eigenvalue weighted by Crippen LogP contribution is 2.09. The monoisotopic (exact) mass is 133 g/mol. The van der Waals surface area contributed by atoms with Crippen molar-refractivity contribution in [1.29, 1.82) is 0 Å². The van der Waals surface area contributed by atoms with Gasteiger partial charge >= 0.3 is 0 Å². The molecule has 0 aliphatic heterocycles. The van der Waals surface area contributed by atoms with Gasteiger partial charge in [-0.15, -0.1) is 0 Å². The van der Waals surface area contributed by atoms with E-state index in [-0.39, 0.29) is 5.75 Å². The fourth-order valence-corrected chi connectivity index (χ4v) is 0.693. The zero-order valence-electron chi connectivity index (χ0n) is 5.41. The third kappa shape index (κ3) is 1.49. The quantitative estimate of drug-likeness (QED) is 0.580. The molecule has 0 amide bonds. The molecule has 2 heteroatoms. The summed E-state index contributed by atoms with van der Waals surface area (Å²) in [6, 6.07) is 6.65. The Hall–Kier alpha value is -1.49. The molecule has 1 N–H and O–H groups in total. The third-order valence-corrected chi connectivity index (χ3v) is 1.20. The molecule has 2 nitrogen and oxygen atoms in total. The van der Waals surface area contributed by atoms with E-state index >= 15 is 0 Å². The predicted octanol–water partition coefficient (Wildman–Crippen LogP) is 1.81. The highest BCUT2D eigenvalue weighted by Gasteiger charge is 1.92. The molecule has 0 aliphatic carbocycles. The van der Waals surface area contributed by atoms with E-state index in [0.717, 1.165) is 5.56 Å². The molecule has 50 valence electrons. The van der Waals surface area contributed by atoms with Gasteiger partial charge in [-0.2, -0.15) is 0 Å². The summed E-state index contributed by atoms with van der Waals surface area (Å²) in [4.78, 5) is 3.20. The molecule has 1 aromatic carbocycles. The van der Waals surface area contributed by atoms with Gasteiger partial charge < -0.3 is 9.95 Å². The Kier molecular flexibility index (Phi) is 1.91. The topological polar surface area (TPSA) is 24.6 Å². The van der Waals surface area contributed by atoms with Crippen molar-refractivity contribution >= 4 is 0 Å². The second kappa shape index (κ2) is 2.88. The normalized spacial score (nSPS) is 8.70. The van der Waals surface area contributed by atoms with Gasteiger partial charge in [-0.25, -0.2) is 6.57 Å². The van der Waals surface area contributed by atoms with Crippen molar-refractivity contribution < 1.29 is 5.11 Å². The van der Waals surface area contributed by atoms with Crippen LogP contribution in [0.2, 0.25) is 0 Å². The molecule has 0 radical (unpaired) electrons. The molecule has 0 spiro atoms. The van der Waals surface area contributed by atoms with Crippen molar-refractivity contribution in [3.63, 3.8) is 0 Å². The summed E-state index contributed by atoms with van der Waals surface area (Å²) in [6.45, 7) is 6.95. The van der Waals surface area contributed by atoms with Gasteiger partial charge in [0.1, 0.15) is 5.75 Å². The molecule has 0 bridgehead atoms. The van der Waals surface area contributed by atoms with Crippen LogP contribution in [0.1, 0.15) is 5.56 Å². The maximum absolute atomic E-state index is 8.85. The number of phenolic OH excluding ortho intramolecular Hbond substituents is 1. The van der Waals surface area contributed by atoms with E-state index in [1.54, 1.807) is 24.3 Å². The number of hydrogen-bond acceptors (Lipinski definition) is 1. The fraction of sp³-hybridized carbons (Fsp3) is 0.125. The van der Waals surface area contributed by atoms with Crippen molar-refractivity contribution in [2.24, 2.45) is 0 Å². The molecule has 1 rings (SSSR count). The van der Waals surface area contributed by atoms with E-state index in [4.69, 9.17) is 11.7 Å². The van der Waals surface area contributed by atoms with Gasteiger partial charge in [0.25, 0.3) is 0 Å². The van der Waals surface area contributed by atoms with Crippen molar-refractivity contribution in [3.05, 3.63) is 41.2 Å². The Bertz CT molecular complexity index is 245. The van der Waals surface area contributed by atoms with Gasteiger partial charge in [0.15, 0.2) is 0 Å². The molecular formula is C8H7NO. The highest BCUT2D eigenvalue weighted by molar-refractivity contribution is 5.26. The third-order valence-electron chi connectivity index (χ3n) is 1.20. The van der Waals surface area contributed by atoms with Gasteiger partial charge in [-0.3, -0.25) is 0 Å². The Morgan fingerprint density at radius 1 is 1.30 bits per heavy atom. The molecule has 0 atom stereocenters. The first-order valence-corrected chi connectivity index (χ1v) is 2.94. The average Bonchev–Trinajstić information content (AvgIpc) is 1.95. The Labute approximate surface area is 59.6 Å². The van der Waals surface area contributed by atoms with Crippen LogP contribution in [0, 0.1) is 6.57 Å². The zero-order chi connectivity index (χ0) is 7.40. The maximum Gasteiger partial charge on any atom is 0.239 e. The number of nitrogens with zero attached hydrogens (tertiary/aromatic N) is 1. The maximum atomic E-state index is 8.85. The predicted molar refractivity (Wildman–Crippen MR) is 38.4 cm³/mol. The van der Waals surface area contributed by atoms with Gasteiger partial charge in [-0.1, -0.05) is 0 Å². The van der Waals surface area contributed by atoms with E-state index in [1.807, 2.05) is 0 Å². The number of hydrogen-bond donors (Lipinski definition) is 1. The van der Waals surface area contributed by atoms with Crippen LogP contribution >= 0.6 is 0 Å². The van der Waals surface area contributed by atoms with Crippen LogP contribution in [0.3, 0.4) is 0 Å². The van der Waals surface area contributed by atoms with Crippen LogP contribution in [-0.4, -0.2) is 5.11 Å². The van der Waals surface area contributed by atoms with Gasteiger partial charge in [0.05, 0.1) is 0 Å². The molecule has 0 aliphatic rings. The molecule has 0 fully saturated rings. The molecule has 0 aromatic heterocycles. The van der Waals surface area contributed by atoms with Crippen LogP contribution in [0.4, 0.5) is 0 Å². The van der Waals surface area contributed by atoms with E-state index < -0.39 is 0 Å². The largest absolute Gasteiger partial charge is 0.508 e. The molecule has 1 aromatic rings. The SMILES string of the molecule is [C-]#[N+]Cc1ccc(O)cc1. The Balaban J connectivity index is 2.81. The lowest BCUT2D eigenvalue weighted by Crippen LogP contribution is -1.75. The van der Waals surface area contributed by atoms with Crippen molar-refractivity contribution in [2.75, 3.05) is 0 Å². The molecule has 10 heavy (non-hydrogen) atoms. The van der Waals surface area contributed by atoms with Crippen molar-refractivity contribution in [2.45, 2.75) is 6.54 Å². The van der Waals surface area contributed by atoms with Gasteiger partial charge in [0, 0.05) is 5.56 Å². The molecule has 0 unspecified atom stereocenters. The summed E-state index contributed by atoms with van der Waals surface area (Å²) < 4.78 is 0.